The summed E-state index contributed by atoms with van der Waals surface area (Å²) in [5.41, 5.74) is 1.29. The van der Waals surface area contributed by atoms with Crippen LogP contribution in [-0.2, 0) is 19.7 Å². The van der Waals surface area contributed by atoms with E-state index in [-0.39, 0.29) is 19.3 Å². The van der Waals surface area contributed by atoms with Gasteiger partial charge in [-0.1, -0.05) is 12.1 Å². The van der Waals surface area contributed by atoms with Crippen molar-refractivity contribution in [3.8, 4) is 5.75 Å². The van der Waals surface area contributed by atoms with Crippen molar-refractivity contribution in [2.75, 3.05) is 40.5 Å². The number of amides is 1. The lowest BCUT2D eigenvalue weighted by Crippen LogP contribution is -2.51. The molecule has 3 heterocycles. The summed E-state index contributed by atoms with van der Waals surface area (Å²) in [6.07, 6.45) is 4.67. The Morgan fingerprint density at radius 1 is 1.06 bits per heavy atom. The molecule has 33 heavy (non-hydrogen) atoms. The van der Waals surface area contributed by atoms with E-state index in [9.17, 15) is 13.2 Å². The van der Waals surface area contributed by atoms with Gasteiger partial charge >= 0.3 is 6.09 Å². The smallest absolute Gasteiger partial charge is 0.410 e. The second-order valence-electron chi connectivity index (χ2n) is 9.26. The second kappa shape index (κ2) is 10.6. The summed E-state index contributed by atoms with van der Waals surface area (Å²) in [5.74, 6) is 1.33. The first-order valence-corrected chi connectivity index (χ1v) is 13.2. The summed E-state index contributed by atoms with van der Waals surface area (Å²) < 4.78 is 46.4. The summed E-state index contributed by atoms with van der Waals surface area (Å²) in [7, 11) is -0.661. The molecular formula is C23H35N3O6S. The SMILES string of the molecule is CN(C)S(=O)(=O)N[C@H]1CCN2C(=O)OCCCOc3cccc(c3)C3CCC(CC3)OCC12. The van der Waals surface area contributed by atoms with E-state index < -0.39 is 28.4 Å². The first kappa shape index (κ1) is 24.3. The van der Waals surface area contributed by atoms with Crippen LogP contribution in [0.3, 0.4) is 0 Å². The largest absolute Gasteiger partial charge is 0.493 e. The Labute approximate surface area is 196 Å². The minimum atomic E-state index is -3.63. The van der Waals surface area contributed by atoms with Gasteiger partial charge in [0, 0.05) is 33.1 Å². The average molecular weight is 482 g/mol. The molecule has 1 saturated carbocycles. The van der Waals surface area contributed by atoms with E-state index in [2.05, 4.69) is 16.9 Å². The third kappa shape index (κ3) is 5.98. The Morgan fingerprint density at radius 3 is 2.58 bits per heavy atom. The lowest BCUT2D eigenvalue weighted by molar-refractivity contribution is -0.00708. The van der Waals surface area contributed by atoms with Gasteiger partial charge in [-0.3, -0.25) is 0 Å². The molecule has 0 spiro atoms. The summed E-state index contributed by atoms with van der Waals surface area (Å²) >= 11 is 0. The van der Waals surface area contributed by atoms with Crippen LogP contribution in [0.2, 0.25) is 0 Å². The van der Waals surface area contributed by atoms with Crippen LogP contribution >= 0.6 is 0 Å². The molecule has 1 amide bonds. The maximum atomic E-state index is 12.8. The molecule has 4 aliphatic rings. The van der Waals surface area contributed by atoms with Crippen molar-refractivity contribution in [1.82, 2.24) is 13.9 Å². The Balaban J connectivity index is 1.49. The zero-order valence-corrected chi connectivity index (χ0v) is 20.3. The number of benzene rings is 1. The monoisotopic (exact) mass is 481 g/mol. The highest BCUT2D eigenvalue weighted by molar-refractivity contribution is 7.87. The molecule has 1 aromatic carbocycles. The van der Waals surface area contributed by atoms with Crippen molar-refractivity contribution >= 4 is 16.3 Å². The van der Waals surface area contributed by atoms with Crippen molar-refractivity contribution in [3.63, 3.8) is 0 Å². The Morgan fingerprint density at radius 2 is 1.82 bits per heavy atom. The lowest BCUT2D eigenvalue weighted by Gasteiger charge is -2.32. The van der Waals surface area contributed by atoms with Crippen LogP contribution in [0.4, 0.5) is 4.79 Å². The van der Waals surface area contributed by atoms with Gasteiger partial charge in [-0.15, -0.1) is 0 Å². The summed E-state index contributed by atoms with van der Waals surface area (Å²) in [4.78, 5) is 14.4. The predicted molar refractivity (Wildman–Crippen MR) is 123 cm³/mol. The molecule has 3 aliphatic heterocycles. The number of nitrogens with one attached hydrogen (secondary N) is 1. The predicted octanol–water partition coefficient (Wildman–Crippen LogP) is 2.49. The first-order valence-electron chi connectivity index (χ1n) is 11.8. The molecule has 184 valence electrons. The quantitative estimate of drug-likeness (QED) is 0.713. The van der Waals surface area contributed by atoms with E-state index in [0.717, 1.165) is 35.7 Å². The maximum Gasteiger partial charge on any atom is 0.410 e. The number of carbonyl (C=O) groups excluding carboxylic acids is 1. The van der Waals surface area contributed by atoms with Crippen LogP contribution in [0.1, 0.15) is 50.0 Å². The van der Waals surface area contributed by atoms with Crippen LogP contribution < -0.4 is 9.46 Å². The number of hydrogen-bond donors (Lipinski definition) is 1. The molecule has 1 unspecified atom stereocenters. The highest BCUT2D eigenvalue weighted by Gasteiger charge is 2.41. The van der Waals surface area contributed by atoms with E-state index in [1.807, 2.05) is 12.1 Å². The van der Waals surface area contributed by atoms with Gasteiger partial charge < -0.3 is 19.1 Å². The fourth-order valence-electron chi connectivity index (χ4n) is 4.87. The average Bonchev–Trinajstić information content (AvgIpc) is 3.19. The number of fused-ring (bicyclic) bond motifs is 8. The standard InChI is InChI=1S/C23H35N3O6S/c1-25(2)33(28,29)24-21-11-12-26-22(21)16-32-19-9-7-17(8-10-19)18-5-3-6-20(15-18)30-13-4-14-31-23(26)27/h3,5-6,15,17,19,21-22,24H,4,7-14,16H2,1-2H3/t17?,19?,21-,22?/m0/s1. The van der Waals surface area contributed by atoms with Crippen molar-refractivity contribution in [1.29, 1.82) is 0 Å². The molecule has 5 rings (SSSR count). The summed E-state index contributed by atoms with van der Waals surface area (Å²) in [6, 6.07) is 7.44. The van der Waals surface area contributed by atoms with Gasteiger partial charge in [0.15, 0.2) is 0 Å². The highest BCUT2D eigenvalue weighted by Crippen LogP contribution is 2.35. The molecule has 2 fully saturated rings. The first-order chi connectivity index (χ1) is 15.8. The van der Waals surface area contributed by atoms with Gasteiger partial charge in [0.1, 0.15) is 5.75 Å². The van der Waals surface area contributed by atoms with E-state index in [0.29, 0.717) is 31.9 Å². The third-order valence-electron chi connectivity index (χ3n) is 6.85. The van der Waals surface area contributed by atoms with Crippen LogP contribution in [0.25, 0.3) is 0 Å². The molecule has 0 radical (unpaired) electrons. The van der Waals surface area contributed by atoms with Crippen molar-refractivity contribution in [2.45, 2.75) is 62.6 Å². The Kier molecular flexibility index (Phi) is 7.78. The van der Waals surface area contributed by atoms with Gasteiger partial charge in [0.05, 0.1) is 32.0 Å². The van der Waals surface area contributed by atoms with Gasteiger partial charge in [0.25, 0.3) is 10.2 Å². The maximum absolute atomic E-state index is 12.8. The Bertz CT molecular complexity index is 917. The van der Waals surface area contributed by atoms with E-state index >= 15 is 0 Å². The van der Waals surface area contributed by atoms with E-state index in [1.165, 1.54) is 19.7 Å². The van der Waals surface area contributed by atoms with Crippen LogP contribution in [0.5, 0.6) is 5.75 Å². The van der Waals surface area contributed by atoms with E-state index in [4.69, 9.17) is 14.2 Å². The van der Waals surface area contributed by atoms with Crippen LogP contribution in [0.15, 0.2) is 24.3 Å². The molecule has 1 aliphatic carbocycles. The second-order valence-corrected chi connectivity index (χ2v) is 11.2. The fraction of sp³-hybridized carbons (Fsp3) is 0.696. The van der Waals surface area contributed by atoms with Crippen molar-refractivity contribution < 1.29 is 27.4 Å². The number of hydrogen-bond acceptors (Lipinski definition) is 6. The Hall–Kier alpha value is -1.88. The molecular weight excluding hydrogens is 446 g/mol. The zero-order chi connectivity index (χ0) is 23.4. The molecule has 2 atom stereocenters. The summed E-state index contributed by atoms with van der Waals surface area (Å²) in [6.45, 7) is 1.40. The summed E-state index contributed by atoms with van der Waals surface area (Å²) in [5, 5.41) is 0. The molecule has 1 saturated heterocycles. The number of rotatable bonds is 3. The van der Waals surface area contributed by atoms with Crippen molar-refractivity contribution in [3.05, 3.63) is 29.8 Å². The highest BCUT2D eigenvalue weighted by atomic mass is 32.2. The number of ether oxygens (including phenoxy) is 3. The fourth-order valence-corrected chi connectivity index (χ4v) is 5.74. The van der Waals surface area contributed by atoms with E-state index in [1.54, 1.807) is 4.90 Å². The van der Waals surface area contributed by atoms with Gasteiger partial charge in [-0.05, 0) is 55.7 Å². The van der Waals surface area contributed by atoms with Crippen LogP contribution in [-0.4, -0.2) is 82.4 Å². The molecule has 0 aromatic heterocycles. The molecule has 9 nitrogen and oxygen atoms in total. The molecule has 1 aromatic rings. The topological polar surface area (TPSA) is 97.4 Å². The number of nitrogens with zero attached hydrogens (tertiary/aromatic N) is 2. The minimum absolute atomic E-state index is 0.0981. The minimum Gasteiger partial charge on any atom is -0.493 e. The third-order valence-corrected chi connectivity index (χ3v) is 8.41. The number of carbonyl (C=O) groups is 1. The molecule has 4 bridgehead atoms. The molecule has 10 heteroatoms. The lowest BCUT2D eigenvalue weighted by atomic mass is 9.82. The molecule has 1 N–H and O–H groups in total. The van der Waals surface area contributed by atoms with Gasteiger partial charge in [-0.2, -0.15) is 17.4 Å². The van der Waals surface area contributed by atoms with Crippen molar-refractivity contribution in [2.24, 2.45) is 0 Å². The van der Waals surface area contributed by atoms with Gasteiger partial charge in [0.2, 0.25) is 0 Å². The normalized spacial score (nSPS) is 29.3. The zero-order valence-electron chi connectivity index (χ0n) is 19.4. The van der Waals surface area contributed by atoms with Crippen LogP contribution in [0, 0.1) is 0 Å². The van der Waals surface area contributed by atoms with Gasteiger partial charge in [-0.25, -0.2) is 4.79 Å².